The van der Waals surface area contributed by atoms with Crippen LogP contribution in [-0.2, 0) is 13.0 Å². The Labute approximate surface area is 230 Å². The molecule has 0 atom stereocenters. The SMILES string of the molecule is COc1ccc(-c2c3n(c4c2c(=O)oc2cc(OC)c(OC)cc24)CCc2cc(OC)c(OC)cc2-3)cc1OC. The number of hydrogen-bond donors (Lipinski definition) is 0. The average Bonchev–Trinajstić information content (AvgIpc) is 3.35. The van der Waals surface area contributed by atoms with Crippen LogP contribution in [0.1, 0.15) is 5.56 Å². The van der Waals surface area contributed by atoms with Crippen LogP contribution in [0.2, 0.25) is 0 Å². The van der Waals surface area contributed by atoms with Crippen LogP contribution in [0.25, 0.3) is 44.3 Å². The predicted molar refractivity (Wildman–Crippen MR) is 152 cm³/mol. The maximum atomic E-state index is 13.8. The van der Waals surface area contributed by atoms with Crippen LogP contribution in [0.4, 0.5) is 0 Å². The summed E-state index contributed by atoms with van der Waals surface area (Å²) in [5.74, 6) is 3.40. The molecule has 0 spiro atoms. The van der Waals surface area contributed by atoms with Crippen molar-refractivity contribution < 1.29 is 32.8 Å². The number of aryl methyl sites for hydroxylation is 2. The summed E-state index contributed by atoms with van der Waals surface area (Å²) >= 11 is 0. The van der Waals surface area contributed by atoms with E-state index in [1.165, 1.54) is 0 Å². The molecule has 6 rings (SSSR count). The lowest BCUT2D eigenvalue weighted by atomic mass is 9.92. The highest BCUT2D eigenvalue weighted by atomic mass is 16.5. The van der Waals surface area contributed by atoms with Crippen molar-refractivity contribution in [2.24, 2.45) is 0 Å². The zero-order valence-electron chi connectivity index (χ0n) is 23.2. The molecule has 0 amide bonds. The van der Waals surface area contributed by atoms with Gasteiger partial charge in [-0.1, -0.05) is 6.07 Å². The van der Waals surface area contributed by atoms with Gasteiger partial charge in [0, 0.05) is 29.1 Å². The van der Waals surface area contributed by atoms with E-state index in [4.69, 9.17) is 32.8 Å². The van der Waals surface area contributed by atoms with Gasteiger partial charge in [0.25, 0.3) is 0 Å². The van der Waals surface area contributed by atoms with Crippen molar-refractivity contribution in [1.82, 2.24) is 4.57 Å². The standard InChI is InChI=1S/C31H29NO8/c1-34-20-8-7-17(12-22(20)35-2)27-28-30(19-14-25(38-5)26(39-6)15-21(19)40-31(28)33)32-10-9-16-11-23(36-3)24(37-4)13-18(16)29(27)32/h7-8,11-15H,9-10H2,1-6H3. The summed E-state index contributed by atoms with van der Waals surface area (Å²) < 4.78 is 41.6. The topological polar surface area (TPSA) is 90.5 Å². The maximum Gasteiger partial charge on any atom is 0.346 e. The summed E-state index contributed by atoms with van der Waals surface area (Å²) in [5, 5.41) is 1.20. The van der Waals surface area contributed by atoms with Gasteiger partial charge in [0.15, 0.2) is 34.5 Å². The fourth-order valence-corrected chi connectivity index (χ4v) is 5.74. The Morgan fingerprint density at radius 2 is 1.30 bits per heavy atom. The highest BCUT2D eigenvalue weighted by molar-refractivity contribution is 6.14. The van der Waals surface area contributed by atoms with Crippen molar-refractivity contribution in [3.05, 3.63) is 58.4 Å². The molecule has 9 heteroatoms. The van der Waals surface area contributed by atoms with Gasteiger partial charge in [-0.05, 0) is 47.9 Å². The molecule has 0 bridgehead atoms. The first-order valence-electron chi connectivity index (χ1n) is 12.7. The Bertz CT molecular complexity index is 1850. The van der Waals surface area contributed by atoms with Crippen LogP contribution in [-0.4, -0.2) is 47.2 Å². The fraction of sp³-hybridized carbons (Fsp3) is 0.258. The molecular weight excluding hydrogens is 514 g/mol. The van der Waals surface area contributed by atoms with E-state index in [0.717, 1.165) is 45.3 Å². The molecule has 0 unspecified atom stereocenters. The summed E-state index contributed by atoms with van der Waals surface area (Å²) in [4.78, 5) is 13.8. The van der Waals surface area contributed by atoms with Gasteiger partial charge in [-0.2, -0.15) is 0 Å². The molecule has 1 aliphatic rings. The first-order valence-corrected chi connectivity index (χ1v) is 12.7. The Balaban J connectivity index is 1.80. The molecule has 9 nitrogen and oxygen atoms in total. The third kappa shape index (κ3) is 3.65. The van der Waals surface area contributed by atoms with Crippen LogP contribution >= 0.6 is 0 Å². The highest BCUT2D eigenvalue weighted by Gasteiger charge is 2.31. The van der Waals surface area contributed by atoms with E-state index in [1.807, 2.05) is 36.4 Å². The van der Waals surface area contributed by atoms with Gasteiger partial charge in [-0.15, -0.1) is 0 Å². The van der Waals surface area contributed by atoms with Gasteiger partial charge in [-0.25, -0.2) is 4.79 Å². The quantitative estimate of drug-likeness (QED) is 0.242. The van der Waals surface area contributed by atoms with Gasteiger partial charge in [-0.3, -0.25) is 0 Å². The molecule has 40 heavy (non-hydrogen) atoms. The summed E-state index contributed by atoms with van der Waals surface area (Å²) in [6.07, 6.45) is 0.729. The number of hydrogen-bond acceptors (Lipinski definition) is 8. The van der Waals surface area contributed by atoms with E-state index < -0.39 is 5.63 Å². The van der Waals surface area contributed by atoms with Crippen LogP contribution < -0.4 is 34.0 Å². The normalized spacial score (nSPS) is 12.2. The van der Waals surface area contributed by atoms with Crippen LogP contribution in [0.15, 0.2) is 51.7 Å². The Hall–Kier alpha value is -4.79. The molecule has 206 valence electrons. The number of benzene rings is 3. The largest absolute Gasteiger partial charge is 0.493 e. The zero-order chi connectivity index (χ0) is 28.1. The lowest BCUT2D eigenvalue weighted by molar-refractivity contribution is 0.354. The van der Waals surface area contributed by atoms with Gasteiger partial charge in [0.05, 0.1) is 59.3 Å². The zero-order valence-corrected chi connectivity index (χ0v) is 23.2. The minimum atomic E-state index is -0.455. The molecule has 2 aromatic heterocycles. The third-order valence-corrected chi connectivity index (χ3v) is 7.55. The molecule has 1 aliphatic heterocycles. The van der Waals surface area contributed by atoms with Crippen LogP contribution in [0.5, 0.6) is 34.5 Å². The van der Waals surface area contributed by atoms with E-state index in [1.54, 1.807) is 48.7 Å². The summed E-state index contributed by atoms with van der Waals surface area (Å²) in [6.45, 7) is 0.633. The van der Waals surface area contributed by atoms with Gasteiger partial charge < -0.3 is 37.4 Å². The second-order valence-corrected chi connectivity index (χ2v) is 9.38. The number of aromatic nitrogens is 1. The molecule has 0 fully saturated rings. The molecule has 0 saturated carbocycles. The second-order valence-electron chi connectivity index (χ2n) is 9.38. The van der Waals surface area contributed by atoms with Crippen molar-refractivity contribution in [3.63, 3.8) is 0 Å². The molecule has 3 aromatic carbocycles. The van der Waals surface area contributed by atoms with E-state index in [9.17, 15) is 4.79 Å². The fourth-order valence-electron chi connectivity index (χ4n) is 5.74. The number of rotatable bonds is 7. The minimum absolute atomic E-state index is 0.410. The molecule has 0 radical (unpaired) electrons. The van der Waals surface area contributed by atoms with E-state index in [-0.39, 0.29) is 0 Å². The first kappa shape index (κ1) is 25.5. The Morgan fingerprint density at radius 1 is 0.700 bits per heavy atom. The van der Waals surface area contributed by atoms with Crippen LogP contribution in [0.3, 0.4) is 0 Å². The first-order chi connectivity index (χ1) is 19.5. The number of fused-ring (bicyclic) bond motifs is 7. The van der Waals surface area contributed by atoms with E-state index in [0.29, 0.717) is 52.0 Å². The van der Waals surface area contributed by atoms with Crippen molar-refractivity contribution in [2.75, 3.05) is 42.7 Å². The monoisotopic (exact) mass is 543 g/mol. The predicted octanol–water partition coefficient (Wildman–Crippen LogP) is 5.69. The summed E-state index contributed by atoms with van der Waals surface area (Å²) in [7, 11) is 9.54. The average molecular weight is 544 g/mol. The van der Waals surface area contributed by atoms with E-state index >= 15 is 0 Å². The minimum Gasteiger partial charge on any atom is -0.493 e. The summed E-state index contributed by atoms with van der Waals surface area (Å²) in [5.41, 5.74) is 5.13. The van der Waals surface area contributed by atoms with E-state index in [2.05, 4.69) is 4.57 Å². The molecule has 0 aliphatic carbocycles. The molecule has 3 heterocycles. The van der Waals surface area contributed by atoms with Crippen molar-refractivity contribution in [1.29, 1.82) is 0 Å². The van der Waals surface area contributed by atoms with Crippen molar-refractivity contribution in [2.45, 2.75) is 13.0 Å². The lowest BCUT2D eigenvalue weighted by Crippen LogP contribution is -2.12. The third-order valence-electron chi connectivity index (χ3n) is 7.55. The summed E-state index contributed by atoms with van der Waals surface area (Å²) in [6, 6.07) is 13.1. The molecular formula is C31H29NO8. The van der Waals surface area contributed by atoms with Crippen LogP contribution in [0, 0.1) is 0 Å². The Kier molecular flexibility index (Phi) is 6.21. The second kappa shape index (κ2) is 9.75. The van der Waals surface area contributed by atoms with Gasteiger partial charge in [0.2, 0.25) is 0 Å². The maximum absolute atomic E-state index is 13.8. The van der Waals surface area contributed by atoms with Crippen molar-refractivity contribution in [3.8, 4) is 56.9 Å². The molecule has 0 N–H and O–H groups in total. The van der Waals surface area contributed by atoms with Crippen molar-refractivity contribution >= 4 is 21.9 Å². The Morgan fingerprint density at radius 3 is 1.98 bits per heavy atom. The molecule has 5 aromatic rings. The van der Waals surface area contributed by atoms with Gasteiger partial charge in [0.1, 0.15) is 5.58 Å². The number of ether oxygens (including phenoxy) is 6. The highest BCUT2D eigenvalue weighted by Crippen LogP contribution is 2.49. The smallest absolute Gasteiger partial charge is 0.346 e. The van der Waals surface area contributed by atoms with Gasteiger partial charge >= 0.3 is 5.63 Å². The number of nitrogens with zero attached hydrogens (tertiary/aromatic N) is 1. The molecule has 0 saturated heterocycles. The number of methoxy groups -OCH3 is 6. The lowest BCUT2D eigenvalue weighted by Gasteiger charge is -2.23.